The van der Waals surface area contributed by atoms with Crippen molar-refractivity contribution in [2.24, 2.45) is 5.41 Å². The van der Waals surface area contributed by atoms with Crippen LogP contribution in [0, 0.1) is 11.4 Å². The van der Waals surface area contributed by atoms with Crippen LogP contribution in [-0.4, -0.2) is 121 Å². The van der Waals surface area contributed by atoms with Crippen LogP contribution in [0.3, 0.4) is 0 Å². The number of thioether (sulfide) groups is 1. The van der Waals surface area contributed by atoms with Crippen LogP contribution < -0.4 is 35.5 Å². The van der Waals surface area contributed by atoms with E-state index < -0.39 is 5.95 Å². The molecule has 0 radical (unpaired) electrons. The lowest BCUT2D eigenvalue weighted by Gasteiger charge is -2.46. The summed E-state index contributed by atoms with van der Waals surface area (Å²) in [6, 6.07) is 29.8. The summed E-state index contributed by atoms with van der Waals surface area (Å²) in [5.41, 5.74) is 3.31. The molecule has 10 heterocycles. The van der Waals surface area contributed by atoms with Gasteiger partial charge < -0.3 is 29.3 Å². The van der Waals surface area contributed by atoms with Gasteiger partial charge in [-0.05, 0) is 182 Å². The SMILES string of the molecule is Brc1cccc(OC2CC2)n1.C=CCn1c(=O)c2cnc(Nc3ccc(N4CCC5(CCN(C)CC5)CC4)cc3)nc2n1-c1cccc(OC2CC2)n1.C=CCn1c(=O)c2cnc(SC)nc2n1-c1cccc(OC2CC2)n1.Fc1cccc(Br)n1. The Morgan fingerprint density at radius 2 is 1.09 bits per heavy atom. The van der Waals surface area contributed by atoms with Crippen molar-refractivity contribution in [3.05, 3.63) is 171 Å². The van der Waals surface area contributed by atoms with Gasteiger partial charge in [0.2, 0.25) is 29.5 Å². The molecule has 0 atom stereocenters. The predicted octanol–water partition coefficient (Wildman–Crippen LogP) is 11.6. The molecule has 0 amide bonds. The van der Waals surface area contributed by atoms with Crippen molar-refractivity contribution in [1.82, 2.24) is 63.5 Å². The third kappa shape index (κ3) is 15.1. The highest BCUT2D eigenvalue weighted by atomic mass is 79.9. The largest absolute Gasteiger partial charge is 0.474 e. The number of nitrogens with zero attached hydrogens (tertiary/aromatic N) is 14. The molecule has 0 unspecified atom stereocenters. The van der Waals surface area contributed by atoms with Gasteiger partial charge in [-0.25, -0.2) is 43.6 Å². The van der Waals surface area contributed by atoms with Crippen molar-refractivity contribution in [1.29, 1.82) is 0 Å². The number of likely N-dealkylation sites (tertiary alicyclic amines) is 1. The van der Waals surface area contributed by atoms with Gasteiger partial charge in [0.25, 0.3) is 11.1 Å². The van der Waals surface area contributed by atoms with E-state index in [1.54, 1.807) is 55.4 Å². The highest BCUT2D eigenvalue weighted by Crippen LogP contribution is 2.42. The highest BCUT2D eigenvalue weighted by Gasteiger charge is 2.37. The minimum Gasteiger partial charge on any atom is -0.474 e. The van der Waals surface area contributed by atoms with Gasteiger partial charge >= 0.3 is 0 Å². The Balaban J connectivity index is 0.000000145. The Labute approximate surface area is 517 Å². The fraction of sp³-hybridized carbons (Fsp3) is 0.355. The molecule has 86 heavy (non-hydrogen) atoms. The Hall–Kier alpha value is -7.80. The number of aromatic nitrogens is 12. The number of allylic oxidation sites excluding steroid dienone is 2. The Morgan fingerprint density at radius 1 is 0.616 bits per heavy atom. The van der Waals surface area contributed by atoms with Crippen LogP contribution in [0.5, 0.6) is 17.6 Å². The average molecular weight is 1310 g/mol. The standard InChI is InChI=1S/C32H38N8O2.C17H17N5O2S.C8H8BrNO.C5H3BrFN/c1-3-17-39-30(41)26-22-33-31(36-29(26)40(39)27-5-4-6-28(35-27)42-25-11-12-25)34-23-7-9-24(10-8-23)38-20-15-32(16-21-38)13-18-37(2)19-14-32;1-3-9-21-16(23)12-10-18-17(25-2)20-15(12)22(21)13-5-4-6-14(19-13)24-11-7-8-11;9-7-2-1-3-8(10-7)11-6-4-5-6;6-4-2-1-3-5(7)8-4/h3-10,22,25H,1,11-21H2,2H3,(H,33,34,36);3-6,10-11H,1,7-9H2,2H3;1-3,6H,4-5H2;1-3H. The van der Waals surface area contributed by atoms with E-state index in [0.717, 1.165) is 54.9 Å². The lowest BCUT2D eigenvalue weighted by atomic mass is 9.71. The van der Waals surface area contributed by atoms with E-state index >= 15 is 0 Å². The van der Waals surface area contributed by atoms with Crippen LogP contribution in [0.25, 0.3) is 33.7 Å². The first kappa shape index (κ1) is 59.9. The molecular formula is C62H66Br2FN15O5S. The third-order valence-corrected chi connectivity index (χ3v) is 16.6. The van der Waals surface area contributed by atoms with Crippen LogP contribution >= 0.6 is 43.6 Å². The monoisotopic (exact) mass is 1310 g/mol. The lowest BCUT2D eigenvalue weighted by Crippen LogP contribution is -2.46. The average Bonchev–Trinajstić information content (AvgIpc) is 2.29. The maximum atomic E-state index is 13.3. The van der Waals surface area contributed by atoms with Crippen molar-refractivity contribution < 1.29 is 18.6 Å². The number of pyridine rings is 4. The second kappa shape index (κ2) is 27.3. The quantitative estimate of drug-likeness (QED) is 0.0413. The number of piperidine rings is 2. The first-order valence-electron chi connectivity index (χ1n) is 28.7. The Morgan fingerprint density at radius 3 is 1.57 bits per heavy atom. The van der Waals surface area contributed by atoms with E-state index in [4.69, 9.17) is 19.2 Å². The highest BCUT2D eigenvalue weighted by molar-refractivity contribution is 9.10. The summed E-state index contributed by atoms with van der Waals surface area (Å²) in [5.74, 6) is 2.90. The molecule has 20 nitrogen and oxygen atoms in total. The number of anilines is 3. The molecule has 0 bridgehead atoms. The molecule has 1 N–H and O–H groups in total. The van der Waals surface area contributed by atoms with Crippen LogP contribution in [0.15, 0.2) is 159 Å². The van der Waals surface area contributed by atoms with Crippen LogP contribution in [-0.2, 0) is 13.1 Å². The number of ether oxygens (including phenoxy) is 3. The van der Waals surface area contributed by atoms with Crippen molar-refractivity contribution >= 4 is 83.0 Å². The summed E-state index contributed by atoms with van der Waals surface area (Å²) >= 11 is 7.72. The van der Waals surface area contributed by atoms with Gasteiger partial charge in [-0.2, -0.15) is 19.3 Å². The molecule has 1 spiro atoms. The van der Waals surface area contributed by atoms with Crippen molar-refractivity contribution in [3.8, 4) is 29.3 Å². The van der Waals surface area contributed by atoms with Gasteiger partial charge in [0.1, 0.15) is 38.3 Å². The maximum Gasteiger partial charge on any atom is 0.278 e. The van der Waals surface area contributed by atoms with E-state index in [-0.39, 0.29) is 23.3 Å². The van der Waals surface area contributed by atoms with E-state index in [1.165, 1.54) is 75.1 Å². The number of hydrogen-bond donors (Lipinski definition) is 1. The molecule has 14 rings (SSSR count). The second-order valence-electron chi connectivity index (χ2n) is 21.7. The van der Waals surface area contributed by atoms with Crippen molar-refractivity contribution in [2.75, 3.05) is 49.7 Å². The van der Waals surface area contributed by atoms with E-state index in [2.05, 4.69) is 126 Å². The van der Waals surface area contributed by atoms with Gasteiger partial charge in [-0.15, -0.1) is 13.2 Å². The summed E-state index contributed by atoms with van der Waals surface area (Å²) in [6.07, 6.45) is 21.0. The zero-order valence-corrected chi connectivity index (χ0v) is 51.8. The van der Waals surface area contributed by atoms with E-state index in [1.807, 2.05) is 60.9 Å². The smallest absolute Gasteiger partial charge is 0.278 e. The number of halogens is 3. The summed E-state index contributed by atoms with van der Waals surface area (Å²) in [5, 5.41) is 4.80. The molecular weight excluding hydrogens is 1250 g/mol. The molecule has 3 aliphatic carbocycles. The van der Waals surface area contributed by atoms with Gasteiger partial charge in [-0.3, -0.25) is 9.59 Å². The third-order valence-electron chi connectivity index (χ3n) is 15.1. The van der Waals surface area contributed by atoms with Crippen molar-refractivity contribution in [3.63, 3.8) is 0 Å². The zero-order valence-electron chi connectivity index (χ0n) is 47.9. The molecule has 8 aromatic heterocycles. The fourth-order valence-corrected chi connectivity index (χ4v) is 11.0. The maximum absolute atomic E-state index is 13.3. The number of fused-ring (bicyclic) bond motifs is 2. The number of rotatable bonds is 16. The minimum absolute atomic E-state index is 0.169. The number of nitrogens with one attached hydrogen (secondary N) is 1. The normalized spacial score (nSPS) is 16.2. The topological polar surface area (TPSA) is 203 Å². The first-order chi connectivity index (χ1) is 41.8. The van der Waals surface area contributed by atoms with Crippen molar-refractivity contribution in [2.45, 2.75) is 101 Å². The Kier molecular flexibility index (Phi) is 19.0. The van der Waals surface area contributed by atoms with Crippen LogP contribution in [0.2, 0.25) is 0 Å². The summed E-state index contributed by atoms with van der Waals surface area (Å²) < 4.78 is 37.1. The molecule has 3 saturated carbocycles. The molecule has 24 heteroatoms. The van der Waals surface area contributed by atoms with Crippen LogP contribution in [0.1, 0.15) is 64.2 Å². The molecule has 5 fully saturated rings. The van der Waals surface area contributed by atoms with Gasteiger partial charge in [0, 0.05) is 55.1 Å². The van der Waals surface area contributed by atoms with Gasteiger partial charge in [0.15, 0.2) is 28.1 Å². The van der Waals surface area contributed by atoms with Gasteiger partial charge in [-0.1, -0.05) is 48.2 Å². The predicted molar refractivity (Wildman–Crippen MR) is 339 cm³/mol. The molecule has 9 aromatic rings. The molecule has 2 saturated heterocycles. The molecule has 446 valence electrons. The lowest BCUT2D eigenvalue weighted by molar-refractivity contribution is 0.0945. The Bertz CT molecular complexity index is 3950. The molecule has 2 aliphatic heterocycles. The van der Waals surface area contributed by atoms with E-state index in [9.17, 15) is 14.0 Å². The summed E-state index contributed by atoms with van der Waals surface area (Å²) in [6.45, 7) is 12.9. The fourth-order valence-electron chi connectivity index (χ4n) is 10.0. The second-order valence-corrected chi connectivity index (χ2v) is 24.1. The molecule has 1 aromatic carbocycles. The summed E-state index contributed by atoms with van der Waals surface area (Å²) in [4.78, 5) is 65.8. The summed E-state index contributed by atoms with van der Waals surface area (Å²) in [7, 11) is 2.24. The minimum atomic E-state index is -0.459. The number of benzene rings is 1. The molecule has 5 aliphatic rings. The number of hydrogen-bond acceptors (Lipinski definition) is 17. The zero-order chi connectivity index (χ0) is 59.7. The van der Waals surface area contributed by atoms with Crippen LogP contribution in [0.4, 0.5) is 21.7 Å². The first-order valence-corrected chi connectivity index (χ1v) is 31.5. The van der Waals surface area contributed by atoms with Gasteiger partial charge in [0.05, 0.1) is 13.1 Å². The van der Waals surface area contributed by atoms with E-state index in [0.29, 0.717) is 85.8 Å².